The molecule has 6 N–H and O–H groups in total. The first kappa shape index (κ1) is 47.1. The average Bonchev–Trinajstić information content (AvgIpc) is 3.14. The standard InChI is InChI=1S/C39H60N6O11/c1-8-25(6)33(43-38(53)34(24(4)5)44(7)30(46)15-14-26-12-10-9-11-13-26)37(52)41-27(21-31(47)45-16-18-56-19-17-45)35(50)40-28(22-32(48)49)36(51)42-29(39(54)55)20-23(2)3/h9-13,23-25,27-29,33-34H,8,14-22H2,1-7H3,(H,40,50)(H,41,52)(H,42,51)(H,43,53)(H,48,49)(H,54,55)/t25-,27?,28-,29-,33-,34-/m0/s1. The predicted molar refractivity (Wildman–Crippen MR) is 205 cm³/mol. The van der Waals surface area contributed by atoms with Crippen molar-refractivity contribution < 1.29 is 53.3 Å². The van der Waals surface area contributed by atoms with Gasteiger partial charge in [0.1, 0.15) is 30.2 Å². The van der Waals surface area contributed by atoms with Gasteiger partial charge in [-0.3, -0.25) is 33.6 Å². The first-order valence-corrected chi connectivity index (χ1v) is 19.2. The Hall–Kier alpha value is -5.06. The Morgan fingerprint density at radius 1 is 0.768 bits per heavy atom. The summed E-state index contributed by atoms with van der Waals surface area (Å²) < 4.78 is 5.31. The average molecular weight is 789 g/mol. The van der Waals surface area contributed by atoms with Gasteiger partial charge in [0.25, 0.3) is 0 Å². The number of carboxylic acid groups (broad SMARTS) is 2. The van der Waals surface area contributed by atoms with E-state index in [1.54, 1.807) is 41.5 Å². The molecule has 312 valence electrons. The number of aliphatic carboxylic acids is 2. The molecule has 17 nitrogen and oxygen atoms in total. The van der Waals surface area contributed by atoms with Crippen molar-refractivity contribution in [3.8, 4) is 0 Å². The van der Waals surface area contributed by atoms with E-state index in [-0.39, 0.29) is 56.9 Å². The maximum absolute atomic E-state index is 14.1. The van der Waals surface area contributed by atoms with Crippen molar-refractivity contribution in [2.45, 2.75) is 110 Å². The molecule has 1 aliphatic heterocycles. The van der Waals surface area contributed by atoms with Gasteiger partial charge in [0, 0.05) is 26.6 Å². The smallest absolute Gasteiger partial charge is 0.326 e. The van der Waals surface area contributed by atoms with E-state index in [9.17, 15) is 48.6 Å². The number of amides is 6. The number of benzene rings is 1. The third-order valence-corrected chi connectivity index (χ3v) is 9.68. The van der Waals surface area contributed by atoms with Crippen molar-refractivity contribution in [1.82, 2.24) is 31.1 Å². The van der Waals surface area contributed by atoms with Crippen LogP contribution in [0.2, 0.25) is 0 Å². The fourth-order valence-electron chi connectivity index (χ4n) is 6.30. The summed E-state index contributed by atoms with van der Waals surface area (Å²) in [5.74, 6) is -8.22. The SMILES string of the molecule is CC[C@H](C)[C@H](NC(=O)[C@H](C(C)C)N(C)C(=O)CCc1ccccc1)C(=O)NC(CC(=O)N1CCOCC1)C(=O)N[C@@H](CC(=O)O)C(=O)N[C@@H](CC(C)C)C(=O)O. The summed E-state index contributed by atoms with van der Waals surface area (Å²) in [5, 5.41) is 29.1. The fraction of sp³-hybridized carbons (Fsp3) is 0.641. The topological polar surface area (TPSA) is 241 Å². The lowest BCUT2D eigenvalue weighted by atomic mass is 9.95. The Kier molecular flexibility index (Phi) is 19.4. The van der Waals surface area contributed by atoms with Crippen LogP contribution >= 0.6 is 0 Å². The largest absolute Gasteiger partial charge is 0.481 e. The number of aryl methyl sites for hydroxylation is 1. The molecule has 1 heterocycles. The first-order valence-electron chi connectivity index (χ1n) is 19.2. The number of carbonyl (C=O) groups excluding carboxylic acids is 6. The first-order chi connectivity index (χ1) is 26.4. The highest BCUT2D eigenvalue weighted by atomic mass is 16.5. The molecular formula is C39H60N6O11. The van der Waals surface area contributed by atoms with E-state index in [0.29, 0.717) is 12.8 Å². The highest BCUT2D eigenvalue weighted by molar-refractivity contribution is 5.98. The fourth-order valence-corrected chi connectivity index (χ4v) is 6.30. The Morgan fingerprint density at radius 2 is 1.32 bits per heavy atom. The minimum absolute atomic E-state index is 0.0274. The molecule has 0 aliphatic carbocycles. The van der Waals surface area contributed by atoms with Crippen LogP contribution in [0.1, 0.15) is 79.2 Å². The molecular weight excluding hydrogens is 728 g/mol. The Bertz CT molecular complexity index is 1520. The van der Waals surface area contributed by atoms with Crippen LogP contribution in [0.4, 0.5) is 0 Å². The van der Waals surface area contributed by atoms with Crippen LogP contribution in [-0.2, 0) is 49.5 Å². The molecule has 0 aromatic heterocycles. The van der Waals surface area contributed by atoms with Crippen molar-refractivity contribution in [3.05, 3.63) is 35.9 Å². The number of rotatable bonds is 22. The number of nitrogens with zero attached hydrogens (tertiary/aromatic N) is 2. The Morgan fingerprint density at radius 3 is 1.84 bits per heavy atom. The van der Waals surface area contributed by atoms with Gasteiger partial charge in [0.05, 0.1) is 26.1 Å². The van der Waals surface area contributed by atoms with Crippen LogP contribution in [0, 0.1) is 17.8 Å². The van der Waals surface area contributed by atoms with Gasteiger partial charge in [0.15, 0.2) is 0 Å². The zero-order valence-corrected chi connectivity index (χ0v) is 33.5. The second-order valence-electron chi connectivity index (χ2n) is 15.0. The molecule has 0 radical (unpaired) electrons. The molecule has 17 heteroatoms. The Labute approximate surface area is 328 Å². The normalized spacial score (nSPS) is 16.1. The lowest BCUT2D eigenvalue weighted by Crippen LogP contribution is -2.61. The van der Waals surface area contributed by atoms with Crippen LogP contribution < -0.4 is 21.3 Å². The second kappa shape index (κ2) is 23.1. The molecule has 0 saturated carbocycles. The highest BCUT2D eigenvalue weighted by Crippen LogP contribution is 2.16. The summed E-state index contributed by atoms with van der Waals surface area (Å²) in [6, 6.07) is 2.46. The summed E-state index contributed by atoms with van der Waals surface area (Å²) in [4.78, 5) is 108. The van der Waals surface area contributed by atoms with Crippen LogP contribution in [0.3, 0.4) is 0 Å². The van der Waals surface area contributed by atoms with Gasteiger partial charge in [-0.25, -0.2) is 4.79 Å². The molecule has 1 saturated heterocycles. The zero-order chi connectivity index (χ0) is 42.1. The van der Waals surface area contributed by atoms with Crippen molar-refractivity contribution >= 4 is 47.4 Å². The van der Waals surface area contributed by atoms with Crippen LogP contribution in [-0.4, -0.2) is 131 Å². The van der Waals surface area contributed by atoms with Crippen molar-refractivity contribution in [3.63, 3.8) is 0 Å². The van der Waals surface area contributed by atoms with Gasteiger partial charge >= 0.3 is 11.9 Å². The molecule has 1 fully saturated rings. The number of carboxylic acids is 2. The van der Waals surface area contributed by atoms with Crippen LogP contribution in [0.5, 0.6) is 0 Å². The second-order valence-corrected chi connectivity index (χ2v) is 15.0. The summed E-state index contributed by atoms with van der Waals surface area (Å²) in [6.45, 7) is 11.5. The van der Waals surface area contributed by atoms with Gasteiger partial charge in [-0.1, -0.05) is 78.3 Å². The van der Waals surface area contributed by atoms with E-state index < -0.39 is 90.4 Å². The van der Waals surface area contributed by atoms with Gasteiger partial charge in [-0.05, 0) is 36.2 Å². The minimum Gasteiger partial charge on any atom is -0.481 e. The van der Waals surface area contributed by atoms with Crippen molar-refractivity contribution in [1.29, 1.82) is 0 Å². The predicted octanol–water partition coefficient (Wildman–Crippen LogP) is 0.942. The van der Waals surface area contributed by atoms with Gasteiger partial charge in [-0.15, -0.1) is 0 Å². The number of carbonyl (C=O) groups is 8. The zero-order valence-electron chi connectivity index (χ0n) is 33.5. The molecule has 2 rings (SSSR count). The number of likely N-dealkylation sites (N-methyl/N-ethyl adjacent to an activating group) is 1. The molecule has 1 unspecified atom stereocenters. The lowest BCUT2D eigenvalue weighted by molar-refractivity contribution is -0.145. The molecule has 1 aromatic carbocycles. The van der Waals surface area contributed by atoms with Gasteiger partial charge < -0.3 is 46.0 Å². The molecule has 6 atom stereocenters. The number of ether oxygens (including phenoxy) is 1. The Balaban J connectivity index is 2.37. The van der Waals surface area contributed by atoms with Crippen LogP contribution in [0.25, 0.3) is 0 Å². The van der Waals surface area contributed by atoms with Gasteiger partial charge in [0.2, 0.25) is 35.4 Å². The van der Waals surface area contributed by atoms with Gasteiger partial charge in [-0.2, -0.15) is 0 Å². The van der Waals surface area contributed by atoms with E-state index >= 15 is 0 Å². The number of morpholine rings is 1. The molecule has 6 amide bonds. The monoisotopic (exact) mass is 788 g/mol. The minimum atomic E-state index is -1.77. The summed E-state index contributed by atoms with van der Waals surface area (Å²) in [7, 11) is 1.53. The van der Waals surface area contributed by atoms with E-state index in [4.69, 9.17) is 4.74 Å². The lowest BCUT2D eigenvalue weighted by Gasteiger charge is -2.33. The maximum atomic E-state index is 14.1. The quantitative estimate of drug-likeness (QED) is 0.0967. The highest BCUT2D eigenvalue weighted by Gasteiger charge is 2.38. The summed E-state index contributed by atoms with van der Waals surface area (Å²) >= 11 is 0. The summed E-state index contributed by atoms with van der Waals surface area (Å²) in [6.07, 6.45) is -0.465. The van der Waals surface area contributed by atoms with E-state index in [0.717, 1.165) is 5.56 Å². The number of hydrogen-bond acceptors (Lipinski definition) is 9. The number of nitrogens with one attached hydrogen (secondary N) is 4. The van der Waals surface area contributed by atoms with E-state index in [1.165, 1.54) is 16.8 Å². The van der Waals surface area contributed by atoms with E-state index in [1.807, 2.05) is 30.3 Å². The van der Waals surface area contributed by atoms with Crippen molar-refractivity contribution in [2.75, 3.05) is 33.4 Å². The number of hydrogen-bond donors (Lipinski definition) is 6. The molecule has 56 heavy (non-hydrogen) atoms. The maximum Gasteiger partial charge on any atom is 0.326 e. The van der Waals surface area contributed by atoms with E-state index in [2.05, 4.69) is 21.3 Å². The van der Waals surface area contributed by atoms with Crippen molar-refractivity contribution in [2.24, 2.45) is 17.8 Å². The summed E-state index contributed by atoms with van der Waals surface area (Å²) in [5.41, 5.74) is 0.962. The molecule has 1 aromatic rings. The third-order valence-electron chi connectivity index (χ3n) is 9.68. The molecule has 1 aliphatic rings. The van der Waals surface area contributed by atoms with Crippen LogP contribution in [0.15, 0.2) is 30.3 Å². The molecule has 0 spiro atoms. The third kappa shape index (κ3) is 15.2. The molecule has 0 bridgehead atoms.